The highest BCUT2D eigenvalue weighted by atomic mass is 16.2. The van der Waals surface area contributed by atoms with E-state index in [1.165, 1.54) is 24.8 Å². The van der Waals surface area contributed by atoms with Crippen LogP contribution in [0.15, 0.2) is 36.3 Å². The van der Waals surface area contributed by atoms with Crippen LogP contribution in [0.1, 0.15) is 81.1 Å². The van der Waals surface area contributed by atoms with Crippen molar-refractivity contribution in [3.63, 3.8) is 0 Å². The fourth-order valence-corrected chi connectivity index (χ4v) is 7.02. The first-order valence-electron chi connectivity index (χ1n) is 12.4. The lowest BCUT2D eigenvalue weighted by atomic mass is 9.83. The molecule has 3 fully saturated rings. The lowest BCUT2D eigenvalue weighted by Crippen LogP contribution is -2.48. The molecule has 4 aliphatic carbocycles. The van der Waals surface area contributed by atoms with Gasteiger partial charge in [0.05, 0.1) is 12.2 Å². The lowest BCUT2D eigenvalue weighted by molar-refractivity contribution is -0.120. The van der Waals surface area contributed by atoms with Crippen LogP contribution in [-0.4, -0.2) is 43.0 Å². The predicted octanol–water partition coefficient (Wildman–Crippen LogP) is 3.31. The molecule has 4 atom stereocenters. The van der Waals surface area contributed by atoms with Crippen LogP contribution >= 0.6 is 0 Å². The third kappa shape index (κ3) is 3.50. The fourth-order valence-electron chi connectivity index (χ4n) is 7.02. The molecule has 3 saturated carbocycles. The molecule has 2 heterocycles. The molecule has 2 unspecified atom stereocenters. The average Bonchev–Trinajstić information content (AvgIpc) is 3.56. The molecule has 2 aromatic rings. The summed E-state index contributed by atoms with van der Waals surface area (Å²) in [5.74, 6) is 1.56. The Bertz CT molecular complexity index is 1100. The number of rotatable bonds is 5. The largest absolute Gasteiger partial charge is 0.351 e. The van der Waals surface area contributed by atoms with Gasteiger partial charge in [0.15, 0.2) is 5.82 Å². The van der Waals surface area contributed by atoms with Crippen molar-refractivity contribution in [3.05, 3.63) is 41.9 Å². The van der Waals surface area contributed by atoms with E-state index in [0.29, 0.717) is 23.4 Å². The van der Waals surface area contributed by atoms with Gasteiger partial charge in [0.25, 0.3) is 5.91 Å². The molecule has 0 radical (unpaired) electrons. The maximum atomic E-state index is 13.6. The Morgan fingerprint density at radius 1 is 1.15 bits per heavy atom. The Hall–Kier alpha value is -2.90. The lowest BCUT2D eigenvalue weighted by Gasteiger charge is -2.34. The van der Waals surface area contributed by atoms with Crippen molar-refractivity contribution in [3.8, 4) is 5.82 Å². The summed E-state index contributed by atoms with van der Waals surface area (Å²) in [5, 5.41) is 15.7. The van der Waals surface area contributed by atoms with Gasteiger partial charge in [0.2, 0.25) is 5.91 Å². The second kappa shape index (κ2) is 7.85. The predicted molar refractivity (Wildman–Crippen MR) is 123 cm³/mol. The standard InChI is InChI=1S/C25H32N6O2/c1-16(32)29-25-9-8-17-12-22(20(14-25)19(17)13-25)28-23(33)21-15-27-31(18-6-3-2-4-7-18)24(21)30-11-5-10-26-30/h5,8,10-11,15,18-20,22H,2-4,6-7,9,12-14H2,1H3,(H,28,33)(H,29,32)/t19?,20?,22-,25-/m0/s1. The van der Waals surface area contributed by atoms with E-state index in [-0.39, 0.29) is 23.4 Å². The molecule has 4 aliphatic rings. The molecule has 0 saturated heterocycles. The summed E-state index contributed by atoms with van der Waals surface area (Å²) in [5.41, 5.74) is 1.90. The molecule has 2 amide bonds. The first kappa shape index (κ1) is 20.7. The van der Waals surface area contributed by atoms with Crippen LogP contribution in [0.2, 0.25) is 0 Å². The van der Waals surface area contributed by atoms with E-state index in [1.54, 1.807) is 24.0 Å². The Morgan fingerprint density at radius 2 is 2.00 bits per heavy atom. The van der Waals surface area contributed by atoms with E-state index in [9.17, 15) is 9.59 Å². The highest BCUT2D eigenvalue weighted by molar-refractivity contribution is 5.97. The Balaban J connectivity index is 1.26. The van der Waals surface area contributed by atoms with Crippen molar-refractivity contribution < 1.29 is 9.59 Å². The van der Waals surface area contributed by atoms with Gasteiger partial charge in [0.1, 0.15) is 5.56 Å². The van der Waals surface area contributed by atoms with Crippen LogP contribution in [0.25, 0.3) is 5.82 Å². The second-order valence-electron chi connectivity index (χ2n) is 10.5. The quantitative estimate of drug-likeness (QED) is 0.687. The average molecular weight is 449 g/mol. The molecule has 0 aliphatic heterocycles. The molecule has 8 heteroatoms. The molecule has 0 aromatic carbocycles. The Morgan fingerprint density at radius 3 is 2.76 bits per heavy atom. The molecule has 2 N–H and O–H groups in total. The van der Waals surface area contributed by atoms with Crippen molar-refractivity contribution in [2.45, 2.75) is 82.3 Å². The van der Waals surface area contributed by atoms with Gasteiger partial charge in [-0.2, -0.15) is 10.2 Å². The summed E-state index contributed by atoms with van der Waals surface area (Å²) in [6, 6.07) is 2.28. The molecule has 174 valence electrons. The van der Waals surface area contributed by atoms with Crippen LogP contribution in [0, 0.1) is 11.8 Å². The molecule has 8 nitrogen and oxygen atoms in total. The van der Waals surface area contributed by atoms with Gasteiger partial charge in [0, 0.05) is 30.9 Å². The van der Waals surface area contributed by atoms with Gasteiger partial charge in [-0.15, -0.1) is 0 Å². The third-order valence-corrected chi connectivity index (χ3v) is 8.37. The molecule has 2 aromatic heterocycles. The SMILES string of the molecule is CC(=O)N[C@]12CC=C3C[C@H](NC(=O)c4cnn(C5CCCCC5)c4-n4cccn4)C(C1)C3C2. The number of aromatic nitrogens is 4. The minimum Gasteiger partial charge on any atom is -0.351 e. The zero-order chi connectivity index (χ0) is 22.6. The zero-order valence-electron chi connectivity index (χ0n) is 19.2. The first-order valence-corrected chi connectivity index (χ1v) is 12.4. The number of carbonyl (C=O) groups is 2. The van der Waals surface area contributed by atoms with E-state index in [2.05, 4.69) is 26.9 Å². The van der Waals surface area contributed by atoms with Gasteiger partial charge >= 0.3 is 0 Å². The monoisotopic (exact) mass is 448 g/mol. The van der Waals surface area contributed by atoms with E-state index < -0.39 is 0 Å². The number of fused-ring (bicyclic) bond motifs is 1. The summed E-state index contributed by atoms with van der Waals surface area (Å²) in [6.45, 7) is 1.60. The van der Waals surface area contributed by atoms with Crippen LogP contribution < -0.4 is 10.6 Å². The van der Waals surface area contributed by atoms with Crippen molar-refractivity contribution in [1.29, 1.82) is 0 Å². The van der Waals surface area contributed by atoms with Crippen molar-refractivity contribution in [2.75, 3.05) is 0 Å². The fraction of sp³-hybridized carbons (Fsp3) is 0.600. The van der Waals surface area contributed by atoms with Gasteiger partial charge in [-0.05, 0) is 56.4 Å². The topological polar surface area (TPSA) is 93.8 Å². The maximum absolute atomic E-state index is 13.6. The molecule has 2 bridgehead atoms. The van der Waals surface area contributed by atoms with Gasteiger partial charge in [-0.25, -0.2) is 9.36 Å². The summed E-state index contributed by atoms with van der Waals surface area (Å²) in [6.07, 6.45) is 17.2. The Labute approximate surface area is 193 Å². The highest BCUT2D eigenvalue weighted by Gasteiger charge is 2.55. The second-order valence-corrected chi connectivity index (χ2v) is 10.5. The minimum absolute atomic E-state index is 0.0337. The number of carbonyl (C=O) groups excluding carboxylic acids is 2. The van der Waals surface area contributed by atoms with Crippen LogP contribution in [-0.2, 0) is 4.79 Å². The molecular weight excluding hydrogens is 416 g/mol. The number of nitrogens with zero attached hydrogens (tertiary/aromatic N) is 4. The van der Waals surface area contributed by atoms with Crippen molar-refractivity contribution >= 4 is 11.8 Å². The maximum Gasteiger partial charge on any atom is 0.256 e. The number of nitrogens with one attached hydrogen (secondary N) is 2. The van der Waals surface area contributed by atoms with E-state index >= 15 is 0 Å². The number of hydrogen-bond acceptors (Lipinski definition) is 4. The summed E-state index contributed by atoms with van der Waals surface area (Å²) < 4.78 is 3.80. The van der Waals surface area contributed by atoms with Crippen LogP contribution in [0.5, 0.6) is 0 Å². The van der Waals surface area contributed by atoms with Crippen LogP contribution in [0.3, 0.4) is 0 Å². The Kier molecular flexibility index (Phi) is 4.92. The highest BCUT2D eigenvalue weighted by Crippen LogP contribution is 2.56. The van der Waals surface area contributed by atoms with E-state index in [0.717, 1.165) is 44.3 Å². The van der Waals surface area contributed by atoms with Crippen molar-refractivity contribution in [2.24, 2.45) is 11.8 Å². The van der Waals surface area contributed by atoms with Gasteiger partial charge in [-0.1, -0.05) is 30.9 Å². The molecule has 0 spiro atoms. The smallest absolute Gasteiger partial charge is 0.256 e. The number of hydrogen-bond donors (Lipinski definition) is 2. The number of amides is 2. The summed E-state index contributed by atoms with van der Waals surface area (Å²) >= 11 is 0. The van der Waals surface area contributed by atoms with Gasteiger partial charge < -0.3 is 10.6 Å². The minimum atomic E-state index is -0.139. The normalized spacial score (nSPS) is 30.8. The van der Waals surface area contributed by atoms with E-state index in [1.807, 2.05) is 16.9 Å². The van der Waals surface area contributed by atoms with Crippen LogP contribution in [0.4, 0.5) is 0 Å². The summed E-state index contributed by atoms with van der Waals surface area (Å²) in [4.78, 5) is 25.4. The van der Waals surface area contributed by atoms with E-state index in [4.69, 9.17) is 0 Å². The zero-order valence-corrected chi connectivity index (χ0v) is 19.2. The molecule has 6 rings (SSSR count). The van der Waals surface area contributed by atoms with Crippen molar-refractivity contribution in [1.82, 2.24) is 30.2 Å². The first-order chi connectivity index (χ1) is 16.0. The molecule has 33 heavy (non-hydrogen) atoms. The summed E-state index contributed by atoms with van der Waals surface area (Å²) in [7, 11) is 0. The third-order valence-electron chi connectivity index (χ3n) is 8.37. The molecular formula is C25H32N6O2. The van der Waals surface area contributed by atoms with Gasteiger partial charge in [-0.3, -0.25) is 9.59 Å².